The zero-order chi connectivity index (χ0) is 22.9. The summed E-state index contributed by atoms with van der Waals surface area (Å²) in [5, 5.41) is 2.99. The average molecular weight is 444 g/mol. The van der Waals surface area contributed by atoms with Crippen molar-refractivity contribution in [1.82, 2.24) is 15.1 Å². The lowest BCUT2D eigenvalue weighted by Gasteiger charge is -2.35. The van der Waals surface area contributed by atoms with Crippen molar-refractivity contribution >= 4 is 11.7 Å². The van der Waals surface area contributed by atoms with E-state index in [1.165, 1.54) is 11.1 Å². The molecule has 0 saturated carbocycles. The Hall–Kier alpha value is -1.76. The fraction of sp³-hybridized carbons (Fsp3) is 0.692. The number of piperazine rings is 1. The number of nitrogens with one attached hydrogen (secondary N) is 1. The van der Waals surface area contributed by atoms with E-state index in [0.717, 1.165) is 52.1 Å². The van der Waals surface area contributed by atoms with E-state index in [4.69, 9.17) is 4.74 Å². The number of hydrogen-bond acceptors (Lipinski definition) is 5. The number of benzene rings is 1. The van der Waals surface area contributed by atoms with E-state index in [1.807, 2.05) is 13.8 Å². The van der Waals surface area contributed by atoms with Crippen LogP contribution < -0.4 is 5.32 Å². The Labute approximate surface area is 193 Å². The van der Waals surface area contributed by atoms with E-state index in [9.17, 15) is 9.59 Å². The molecule has 0 aromatic heterocycles. The molecule has 0 radical (unpaired) electrons. The molecule has 1 aromatic carbocycles. The highest BCUT2D eigenvalue weighted by atomic mass is 16.5. The molecule has 1 N–H and O–H groups in total. The van der Waals surface area contributed by atoms with Crippen molar-refractivity contribution in [2.45, 2.75) is 71.6 Å². The van der Waals surface area contributed by atoms with Crippen LogP contribution in [0, 0.1) is 12.8 Å². The minimum atomic E-state index is 0.0262. The molecule has 32 heavy (non-hydrogen) atoms. The van der Waals surface area contributed by atoms with Gasteiger partial charge in [0.2, 0.25) is 5.91 Å². The SMILES string of the molecule is Cc1ccc(CN2CCN(CC3CCC(CNC(=O)CCCC(=O)C(C)C)O3)CC2)cc1. The predicted molar refractivity (Wildman–Crippen MR) is 127 cm³/mol. The van der Waals surface area contributed by atoms with E-state index in [1.54, 1.807) is 0 Å². The van der Waals surface area contributed by atoms with Crippen LogP contribution in [-0.4, -0.2) is 73.0 Å². The highest BCUT2D eigenvalue weighted by Gasteiger charge is 2.28. The Morgan fingerprint density at radius 1 is 1.00 bits per heavy atom. The predicted octanol–water partition coefficient (Wildman–Crippen LogP) is 3.17. The molecule has 0 bridgehead atoms. The van der Waals surface area contributed by atoms with Crippen LogP contribution in [0.3, 0.4) is 0 Å². The first-order chi connectivity index (χ1) is 15.4. The van der Waals surface area contributed by atoms with E-state index in [-0.39, 0.29) is 29.8 Å². The first-order valence-electron chi connectivity index (χ1n) is 12.3. The Kier molecular flexibility index (Phi) is 9.69. The van der Waals surface area contributed by atoms with Crippen LogP contribution in [0.4, 0.5) is 0 Å². The van der Waals surface area contributed by atoms with Gasteiger partial charge in [-0.2, -0.15) is 0 Å². The largest absolute Gasteiger partial charge is 0.372 e. The van der Waals surface area contributed by atoms with Gasteiger partial charge in [-0.05, 0) is 31.7 Å². The topological polar surface area (TPSA) is 61.9 Å². The minimum absolute atomic E-state index is 0.0262. The highest BCUT2D eigenvalue weighted by Crippen LogP contribution is 2.21. The molecule has 2 atom stereocenters. The Balaban J connectivity index is 1.26. The molecule has 2 heterocycles. The smallest absolute Gasteiger partial charge is 0.220 e. The quantitative estimate of drug-likeness (QED) is 0.569. The molecule has 2 unspecified atom stereocenters. The van der Waals surface area contributed by atoms with Gasteiger partial charge in [-0.1, -0.05) is 43.7 Å². The van der Waals surface area contributed by atoms with Crippen molar-refractivity contribution in [2.75, 3.05) is 39.3 Å². The molecule has 178 valence electrons. The van der Waals surface area contributed by atoms with Crippen molar-refractivity contribution in [3.05, 3.63) is 35.4 Å². The van der Waals surface area contributed by atoms with Gasteiger partial charge in [0, 0.05) is 64.6 Å². The lowest BCUT2D eigenvalue weighted by molar-refractivity contribution is -0.123. The number of carbonyl (C=O) groups is 2. The molecule has 1 amide bonds. The van der Waals surface area contributed by atoms with Gasteiger partial charge >= 0.3 is 0 Å². The van der Waals surface area contributed by atoms with Gasteiger partial charge in [0.05, 0.1) is 12.2 Å². The summed E-state index contributed by atoms with van der Waals surface area (Å²) in [6.45, 7) is 12.9. The van der Waals surface area contributed by atoms with E-state index >= 15 is 0 Å². The number of hydrogen-bond donors (Lipinski definition) is 1. The normalized spacial score (nSPS) is 22.4. The number of ketones is 1. The van der Waals surface area contributed by atoms with Crippen molar-refractivity contribution in [2.24, 2.45) is 5.92 Å². The van der Waals surface area contributed by atoms with Crippen molar-refractivity contribution < 1.29 is 14.3 Å². The average Bonchev–Trinajstić information content (AvgIpc) is 3.22. The summed E-state index contributed by atoms with van der Waals surface area (Å²) in [5.41, 5.74) is 2.70. The van der Waals surface area contributed by atoms with Gasteiger partial charge in [-0.3, -0.25) is 19.4 Å². The van der Waals surface area contributed by atoms with Gasteiger partial charge in [0.15, 0.2) is 0 Å². The molecular formula is C26H41N3O3. The zero-order valence-corrected chi connectivity index (χ0v) is 20.1. The summed E-state index contributed by atoms with van der Waals surface area (Å²) in [6.07, 6.45) is 3.99. The summed E-state index contributed by atoms with van der Waals surface area (Å²) in [7, 11) is 0. The zero-order valence-electron chi connectivity index (χ0n) is 20.1. The van der Waals surface area contributed by atoms with E-state index in [0.29, 0.717) is 25.8 Å². The first kappa shape index (κ1) is 24.9. The third-order valence-electron chi connectivity index (χ3n) is 6.65. The van der Waals surface area contributed by atoms with Crippen molar-refractivity contribution in [1.29, 1.82) is 0 Å². The number of amides is 1. The molecular weight excluding hydrogens is 402 g/mol. The fourth-order valence-corrected chi connectivity index (χ4v) is 4.46. The number of rotatable bonds is 11. The highest BCUT2D eigenvalue weighted by molar-refractivity contribution is 5.81. The molecule has 3 rings (SSSR count). The fourth-order valence-electron chi connectivity index (χ4n) is 4.46. The molecule has 6 nitrogen and oxygen atoms in total. The molecule has 0 aliphatic carbocycles. The number of aryl methyl sites for hydroxylation is 1. The number of carbonyl (C=O) groups excluding carboxylic acids is 2. The van der Waals surface area contributed by atoms with Crippen LogP contribution in [0.15, 0.2) is 24.3 Å². The second kappa shape index (κ2) is 12.5. The maximum Gasteiger partial charge on any atom is 0.220 e. The molecule has 6 heteroatoms. The summed E-state index contributed by atoms with van der Waals surface area (Å²) >= 11 is 0. The Morgan fingerprint density at radius 2 is 1.66 bits per heavy atom. The molecule has 2 aliphatic heterocycles. The second-order valence-electron chi connectivity index (χ2n) is 9.80. The lowest BCUT2D eigenvalue weighted by Crippen LogP contribution is -2.48. The van der Waals surface area contributed by atoms with Gasteiger partial charge in [-0.25, -0.2) is 0 Å². The molecule has 0 spiro atoms. The Bertz CT molecular complexity index is 726. The van der Waals surface area contributed by atoms with E-state index < -0.39 is 0 Å². The maximum absolute atomic E-state index is 12.0. The second-order valence-corrected chi connectivity index (χ2v) is 9.80. The third kappa shape index (κ3) is 8.30. The van der Waals surface area contributed by atoms with Gasteiger partial charge in [0.25, 0.3) is 0 Å². The number of ether oxygens (including phenoxy) is 1. The molecule has 2 saturated heterocycles. The summed E-state index contributed by atoms with van der Waals surface area (Å²) in [4.78, 5) is 28.7. The van der Waals surface area contributed by atoms with E-state index in [2.05, 4.69) is 46.3 Å². The minimum Gasteiger partial charge on any atom is -0.372 e. The lowest BCUT2D eigenvalue weighted by atomic mass is 10.0. The number of Topliss-reactive ketones (excluding diaryl/α,β-unsaturated/α-hetero) is 1. The molecule has 1 aromatic rings. The summed E-state index contributed by atoms with van der Waals surface area (Å²) in [5.74, 6) is 0.312. The van der Waals surface area contributed by atoms with Crippen LogP contribution in [0.25, 0.3) is 0 Å². The molecule has 2 fully saturated rings. The van der Waals surface area contributed by atoms with Gasteiger partial charge in [-0.15, -0.1) is 0 Å². The van der Waals surface area contributed by atoms with Gasteiger partial charge < -0.3 is 10.1 Å². The monoisotopic (exact) mass is 443 g/mol. The van der Waals surface area contributed by atoms with Crippen LogP contribution in [0.1, 0.15) is 57.1 Å². The van der Waals surface area contributed by atoms with Crippen LogP contribution in [0.2, 0.25) is 0 Å². The van der Waals surface area contributed by atoms with Crippen molar-refractivity contribution in [3.63, 3.8) is 0 Å². The first-order valence-corrected chi connectivity index (χ1v) is 12.3. The van der Waals surface area contributed by atoms with Crippen LogP contribution in [0.5, 0.6) is 0 Å². The molecule has 2 aliphatic rings. The maximum atomic E-state index is 12.0. The number of nitrogens with zero attached hydrogens (tertiary/aromatic N) is 2. The van der Waals surface area contributed by atoms with Crippen molar-refractivity contribution in [3.8, 4) is 0 Å². The summed E-state index contributed by atoms with van der Waals surface area (Å²) in [6, 6.07) is 8.85. The summed E-state index contributed by atoms with van der Waals surface area (Å²) < 4.78 is 6.20. The standard InChI is InChI=1S/C26H41N3O3/c1-20(2)25(30)5-4-6-26(31)27-17-23-11-12-24(32-23)19-29-15-13-28(14-16-29)18-22-9-7-21(3)8-10-22/h7-10,20,23-24H,4-6,11-19H2,1-3H3,(H,27,31). The van der Waals surface area contributed by atoms with Crippen LogP contribution >= 0.6 is 0 Å². The Morgan fingerprint density at radius 3 is 2.34 bits per heavy atom. The van der Waals surface area contributed by atoms with Gasteiger partial charge in [0.1, 0.15) is 5.78 Å². The van der Waals surface area contributed by atoms with Crippen LogP contribution in [-0.2, 0) is 20.9 Å². The third-order valence-corrected chi connectivity index (χ3v) is 6.65.